The predicted molar refractivity (Wildman–Crippen MR) is 94.5 cm³/mol. The molecule has 0 fully saturated rings. The van der Waals surface area contributed by atoms with Crippen LogP contribution in [0.4, 0.5) is 0 Å². The number of pyridine rings is 1. The highest BCUT2D eigenvalue weighted by Gasteiger charge is 2.14. The van der Waals surface area contributed by atoms with E-state index in [0.29, 0.717) is 6.54 Å². The smallest absolute Gasteiger partial charge is 0.194 e. The fourth-order valence-electron chi connectivity index (χ4n) is 2.83. The highest BCUT2D eigenvalue weighted by Crippen LogP contribution is 2.19. The molecule has 1 aromatic carbocycles. The standard InChI is InChI=1S/C19H24N2O/c1-6-10-21(11-7-2)12-16-15(5)20-18-14(4)9-8-13(3)17(18)19(16)22/h6-9H,1-2,10-12H2,3-5H3,(H,20,22). The Kier molecular flexibility index (Phi) is 4.99. The molecule has 116 valence electrons. The highest BCUT2D eigenvalue weighted by molar-refractivity contribution is 5.85. The lowest BCUT2D eigenvalue weighted by molar-refractivity contribution is 0.326. The van der Waals surface area contributed by atoms with Crippen LogP contribution in [0.25, 0.3) is 10.9 Å². The molecule has 0 radical (unpaired) electrons. The molecule has 3 heteroatoms. The van der Waals surface area contributed by atoms with Crippen molar-refractivity contribution in [2.45, 2.75) is 27.3 Å². The Morgan fingerprint density at radius 1 is 1.09 bits per heavy atom. The summed E-state index contributed by atoms with van der Waals surface area (Å²) in [6.07, 6.45) is 3.70. The summed E-state index contributed by atoms with van der Waals surface area (Å²) in [5.41, 5.74) is 4.95. The van der Waals surface area contributed by atoms with E-state index in [-0.39, 0.29) is 5.43 Å². The summed E-state index contributed by atoms with van der Waals surface area (Å²) in [5.74, 6) is 0. The van der Waals surface area contributed by atoms with Crippen molar-refractivity contribution < 1.29 is 0 Å². The molecule has 2 aromatic rings. The Balaban J connectivity index is 2.59. The number of hydrogen-bond acceptors (Lipinski definition) is 2. The summed E-state index contributed by atoms with van der Waals surface area (Å²) in [7, 11) is 0. The second kappa shape index (κ2) is 6.75. The molecule has 1 N–H and O–H groups in total. The van der Waals surface area contributed by atoms with Crippen LogP contribution in [0, 0.1) is 20.8 Å². The third kappa shape index (κ3) is 3.04. The molecule has 2 rings (SSSR count). The van der Waals surface area contributed by atoms with Crippen LogP contribution in [0.15, 0.2) is 42.2 Å². The summed E-state index contributed by atoms with van der Waals surface area (Å²) < 4.78 is 0. The second-order valence-corrected chi connectivity index (χ2v) is 5.78. The number of nitrogens with one attached hydrogen (secondary N) is 1. The normalized spacial score (nSPS) is 11.1. The molecule has 3 nitrogen and oxygen atoms in total. The lowest BCUT2D eigenvalue weighted by atomic mass is 10.0. The molecular weight excluding hydrogens is 272 g/mol. The first kappa shape index (κ1) is 16.2. The molecule has 0 atom stereocenters. The summed E-state index contributed by atoms with van der Waals surface area (Å²) in [5, 5.41) is 0.803. The molecule has 0 aliphatic heterocycles. The third-order valence-corrected chi connectivity index (χ3v) is 4.04. The fraction of sp³-hybridized carbons (Fsp3) is 0.316. The molecule has 0 aliphatic rings. The molecule has 0 saturated carbocycles. The van der Waals surface area contributed by atoms with Crippen molar-refractivity contribution >= 4 is 10.9 Å². The molecule has 0 saturated heterocycles. The topological polar surface area (TPSA) is 36.1 Å². The van der Waals surface area contributed by atoms with Crippen molar-refractivity contribution in [3.05, 3.63) is 70.1 Å². The zero-order valence-corrected chi connectivity index (χ0v) is 13.7. The van der Waals surface area contributed by atoms with Gasteiger partial charge in [0, 0.05) is 36.3 Å². The number of aryl methyl sites for hydroxylation is 3. The summed E-state index contributed by atoms with van der Waals surface area (Å²) >= 11 is 0. The zero-order valence-electron chi connectivity index (χ0n) is 13.7. The minimum absolute atomic E-state index is 0.130. The van der Waals surface area contributed by atoms with Gasteiger partial charge in [0.25, 0.3) is 0 Å². The van der Waals surface area contributed by atoms with Gasteiger partial charge in [0.1, 0.15) is 0 Å². The van der Waals surface area contributed by atoms with Crippen molar-refractivity contribution in [3.63, 3.8) is 0 Å². The quantitative estimate of drug-likeness (QED) is 0.826. The molecule has 0 bridgehead atoms. The van der Waals surface area contributed by atoms with Gasteiger partial charge in [-0.3, -0.25) is 9.69 Å². The van der Waals surface area contributed by atoms with E-state index >= 15 is 0 Å². The van der Waals surface area contributed by atoms with Crippen LogP contribution in [-0.2, 0) is 6.54 Å². The van der Waals surface area contributed by atoms with Crippen LogP contribution in [0.2, 0.25) is 0 Å². The first-order valence-corrected chi connectivity index (χ1v) is 7.55. The number of H-pyrrole nitrogens is 1. The number of fused-ring (bicyclic) bond motifs is 1. The van der Waals surface area contributed by atoms with Gasteiger partial charge >= 0.3 is 0 Å². The first-order valence-electron chi connectivity index (χ1n) is 7.55. The van der Waals surface area contributed by atoms with Crippen molar-refractivity contribution in [2.75, 3.05) is 13.1 Å². The lowest BCUT2D eigenvalue weighted by Crippen LogP contribution is -2.28. The van der Waals surface area contributed by atoms with Gasteiger partial charge in [-0.25, -0.2) is 0 Å². The predicted octanol–water partition coefficient (Wildman–Crippen LogP) is 3.63. The molecular formula is C19H24N2O. The van der Waals surface area contributed by atoms with E-state index in [9.17, 15) is 4.79 Å². The molecule has 0 spiro atoms. The van der Waals surface area contributed by atoms with Gasteiger partial charge < -0.3 is 4.98 Å². The van der Waals surface area contributed by atoms with Crippen molar-refractivity contribution in [3.8, 4) is 0 Å². The van der Waals surface area contributed by atoms with Crippen LogP contribution in [-0.4, -0.2) is 23.0 Å². The highest BCUT2D eigenvalue weighted by atomic mass is 16.1. The van der Waals surface area contributed by atoms with Crippen LogP contribution in [0.5, 0.6) is 0 Å². The van der Waals surface area contributed by atoms with Crippen LogP contribution in [0.3, 0.4) is 0 Å². The summed E-state index contributed by atoms with van der Waals surface area (Å²) in [6.45, 7) is 15.6. The van der Waals surface area contributed by atoms with Gasteiger partial charge in [-0.1, -0.05) is 24.3 Å². The molecule has 1 aromatic heterocycles. The number of benzene rings is 1. The number of aromatic amines is 1. The maximum Gasteiger partial charge on any atom is 0.194 e. The van der Waals surface area contributed by atoms with Crippen LogP contribution >= 0.6 is 0 Å². The Hall–Kier alpha value is -2.13. The van der Waals surface area contributed by atoms with Gasteiger partial charge in [0.2, 0.25) is 0 Å². The zero-order chi connectivity index (χ0) is 16.3. The van der Waals surface area contributed by atoms with E-state index in [1.165, 1.54) is 0 Å². The summed E-state index contributed by atoms with van der Waals surface area (Å²) in [6, 6.07) is 4.06. The second-order valence-electron chi connectivity index (χ2n) is 5.78. The maximum atomic E-state index is 13.0. The Bertz CT molecular complexity index is 761. The minimum Gasteiger partial charge on any atom is -0.358 e. The van der Waals surface area contributed by atoms with Gasteiger partial charge in [0.15, 0.2) is 5.43 Å². The van der Waals surface area contributed by atoms with Crippen LogP contribution < -0.4 is 5.43 Å². The van der Waals surface area contributed by atoms with E-state index in [0.717, 1.165) is 46.4 Å². The van der Waals surface area contributed by atoms with E-state index in [1.54, 1.807) is 0 Å². The van der Waals surface area contributed by atoms with E-state index in [1.807, 2.05) is 39.0 Å². The SMILES string of the molecule is C=CCN(CC=C)Cc1c(C)[nH]c2c(C)ccc(C)c2c1=O. The molecule has 0 unspecified atom stereocenters. The molecule has 1 heterocycles. The lowest BCUT2D eigenvalue weighted by Gasteiger charge is -2.20. The van der Waals surface area contributed by atoms with E-state index in [2.05, 4.69) is 29.1 Å². The van der Waals surface area contributed by atoms with Crippen molar-refractivity contribution in [1.82, 2.24) is 9.88 Å². The molecule has 0 amide bonds. The van der Waals surface area contributed by atoms with Crippen molar-refractivity contribution in [1.29, 1.82) is 0 Å². The number of hydrogen-bond donors (Lipinski definition) is 1. The Morgan fingerprint density at radius 2 is 1.68 bits per heavy atom. The van der Waals surface area contributed by atoms with Gasteiger partial charge in [-0.05, 0) is 31.9 Å². The largest absolute Gasteiger partial charge is 0.358 e. The number of aromatic nitrogens is 1. The van der Waals surface area contributed by atoms with Gasteiger partial charge in [0.05, 0.1) is 5.52 Å². The number of nitrogens with zero attached hydrogens (tertiary/aromatic N) is 1. The summed E-state index contributed by atoms with van der Waals surface area (Å²) in [4.78, 5) is 18.5. The van der Waals surface area contributed by atoms with Gasteiger partial charge in [-0.2, -0.15) is 0 Å². The van der Waals surface area contributed by atoms with E-state index < -0.39 is 0 Å². The third-order valence-electron chi connectivity index (χ3n) is 4.04. The first-order chi connectivity index (χ1) is 10.5. The average Bonchev–Trinajstić information content (AvgIpc) is 2.47. The minimum atomic E-state index is 0.130. The average molecular weight is 296 g/mol. The van der Waals surface area contributed by atoms with Gasteiger partial charge in [-0.15, -0.1) is 13.2 Å². The Labute approximate surface area is 132 Å². The monoisotopic (exact) mass is 296 g/mol. The van der Waals surface area contributed by atoms with Crippen LogP contribution in [0.1, 0.15) is 22.4 Å². The fourth-order valence-corrected chi connectivity index (χ4v) is 2.83. The Morgan fingerprint density at radius 3 is 2.27 bits per heavy atom. The van der Waals surface area contributed by atoms with Crippen molar-refractivity contribution in [2.24, 2.45) is 0 Å². The van der Waals surface area contributed by atoms with E-state index in [4.69, 9.17) is 0 Å². The molecule has 0 aliphatic carbocycles. The molecule has 22 heavy (non-hydrogen) atoms. The maximum absolute atomic E-state index is 13.0. The number of rotatable bonds is 6.